The average molecular weight is 521 g/mol. The molecule has 0 spiro atoms. The highest BCUT2D eigenvalue weighted by atomic mass is 35.5. The van der Waals surface area contributed by atoms with E-state index in [4.69, 9.17) is 20.4 Å². The molecule has 0 radical (unpaired) electrons. The van der Waals surface area contributed by atoms with Crippen LogP contribution in [-0.4, -0.2) is 0 Å². The van der Waals surface area contributed by atoms with Gasteiger partial charge in [0.25, 0.3) is 0 Å². The van der Waals surface area contributed by atoms with E-state index in [0.717, 1.165) is 77.3 Å². The quantitative estimate of drug-likeness (QED) is 0.231. The molecule has 0 saturated carbocycles. The molecule has 184 valence electrons. The average Bonchev–Trinajstić information content (AvgIpc) is 3.56. The van der Waals surface area contributed by atoms with Crippen molar-refractivity contribution >= 4 is 55.5 Å². The summed E-state index contributed by atoms with van der Waals surface area (Å²) in [5.74, 6) is 0. The van der Waals surface area contributed by atoms with Crippen molar-refractivity contribution in [3.63, 3.8) is 0 Å². The third kappa shape index (κ3) is 3.57. The molecule has 0 amide bonds. The summed E-state index contributed by atoms with van der Waals surface area (Å²) in [6.45, 7) is 0. The number of benzene rings is 6. The molecule has 0 aliphatic carbocycles. The summed E-state index contributed by atoms with van der Waals surface area (Å²) in [6.07, 6.45) is 0. The van der Waals surface area contributed by atoms with Gasteiger partial charge < -0.3 is 8.83 Å². The van der Waals surface area contributed by atoms with Gasteiger partial charge in [-0.05, 0) is 64.7 Å². The van der Waals surface area contributed by atoms with Crippen LogP contribution in [0, 0.1) is 0 Å². The van der Waals surface area contributed by atoms with Crippen LogP contribution in [0.25, 0.3) is 77.3 Å². The van der Waals surface area contributed by atoms with Crippen LogP contribution in [0.5, 0.6) is 0 Å². The van der Waals surface area contributed by atoms with Gasteiger partial charge in [-0.15, -0.1) is 0 Å². The Morgan fingerprint density at radius 2 is 0.846 bits per heavy atom. The molecule has 3 heteroatoms. The Labute approximate surface area is 229 Å². The molecule has 2 aromatic heterocycles. The lowest BCUT2D eigenvalue weighted by molar-refractivity contribution is 0.670. The zero-order valence-corrected chi connectivity index (χ0v) is 21.6. The van der Waals surface area contributed by atoms with E-state index in [1.165, 1.54) is 0 Å². The lowest BCUT2D eigenvalue weighted by Crippen LogP contribution is -1.87. The minimum Gasteiger partial charge on any atom is -0.455 e. The van der Waals surface area contributed by atoms with Gasteiger partial charge in [0, 0.05) is 37.7 Å². The first-order chi connectivity index (χ1) is 19.2. The monoisotopic (exact) mass is 520 g/mol. The summed E-state index contributed by atoms with van der Waals surface area (Å²) in [7, 11) is 0. The number of para-hydroxylation sites is 4. The summed E-state index contributed by atoms with van der Waals surface area (Å²) < 4.78 is 12.8. The lowest BCUT2D eigenvalue weighted by Gasteiger charge is -2.12. The van der Waals surface area contributed by atoms with Gasteiger partial charge >= 0.3 is 0 Å². The second-order valence-corrected chi connectivity index (χ2v) is 10.3. The molecule has 2 nitrogen and oxygen atoms in total. The van der Waals surface area contributed by atoms with Crippen LogP contribution in [0.15, 0.2) is 136 Å². The zero-order chi connectivity index (χ0) is 25.9. The predicted octanol–water partition coefficient (Wildman–Crippen LogP) is 11.1. The van der Waals surface area contributed by atoms with Gasteiger partial charge in [-0.25, -0.2) is 0 Å². The Morgan fingerprint density at radius 3 is 1.38 bits per heavy atom. The second kappa shape index (κ2) is 8.62. The molecule has 0 N–H and O–H groups in total. The van der Waals surface area contributed by atoms with Gasteiger partial charge in [0.1, 0.15) is 22.3 Å². The van der Waals surface area contributed by atoms with Gasteiger partial charge in [0.2, 0.25) is 0 Å². The summed E-state index contributed by atoms with van der Waals surface area (Å²) >= 11 is 6.24. The third-order valence-electron chi connectivity index (χ3n) is 7.54. The maximum Gasteiger partial charge on any atom is 0.143 e. The highest BCUT2D eigenvalue weighted by Gasteiger charge is 2.17. The molecule has 0 aliphatic rings. The first-order valence-corrected chi connectivity index (χ1v) is 13.3. The molecule has 0 unspecified atom stereocenters. The van der Waals surface area contributed by atoms with E-state index in [1.54, 1.807) is 0 Å². The highest BCUT2D eigenvalue weighted by Crippen LogP contribution is 2.41. The molecule has 0 aliphatic heterocycles. The van der Waals surface area contributed by atoms with Crippen LogP contribution in [-0.2, 0) is 0 Å². The lowest BCUT2D eigenvalue weighted by atomic mass is 9.92. The SMILES string of the molecule is Clc1ccc(-c2cc(-c3cccc4c3oc3ccccc34)cc(-c3cccc4c3oc3ccccc34)c2)cc1. The van der Waals surface area contributed by atoms with Crippen molar-refractivity contribution in [2.75, 3.05) is 0 Å². The van der Waals surface area contributed by atoms with Gasteiger partial charge in [0.15, 0.2) is 0 Å². The summed E-state index contributed by atoms with van der Waals surface area (Å²) in [4.78, 5) is 0. The Bertz CT molecular complexity index is 2050. The number of hydrogen-bond acceptors (Lipinski definition) is 2. The fraction of sp³-hybridized carbons (Fsp3) is 0. The molecule has 39 heavy (non-hydrogen) atoms. The summed E-state index contributed by atoms with van der Waals surface area (Å²) in [5, 5.41) is 5.18. The van der Waals surface area contributed by atoms with Gasteiger partial charge in [-0.1, -0.05) is 96.5 Å². The summed E-state index contributed by atoms with van der Waals surface area (Å²) in [5.41, 5.74) is 10.0. The minimum absolute atomic E-state index is 0.717. The van der Waals surface area contributed by atoms with E-state index in [2.05, 4.69) is 91.0 Å². The fourth-order valence-electron chi connectivity index (χ4n) is 5.70. The molecule has 2 heterocycles. The molecule has 0 saturated heterocycles. The Balaban J connectivity index is 1.42. The topological polar surface area (TPSA) is 26.3 Å². The van der Waals surface area contributed by atoms with Crippen molar-refractivity contribution in [1.82, 2.24) is 0 Å². The van der Waals surface area contributed by atoms with Crippen molar-refractivity contribution in [3.05, 3.63) is 132 Å². The first-order valence-electron chi connectivity index (χ1n) is 13.0. The van der Waals surface area contributed by atoms with E-state index in [0.29, 0.717) is 5.02 Å². The Hall–Kier alpha value is -4.79. The van der Waals surface area contributed by atoms with Crippen molar-refractivity contribution < 1.29 is 8.83 Å². The number of furan rings is 2. The van der Waals surface area contributed by atoms with Crippen molar-refractivity contribution in [2.45, 2.75) is 0 Å². The molecular weight excluding hydrogens is 500 g/mol. The largest absolute Gasteiger partial charge is 0.455 e. The van der Waals surface area contributed by atoms with Crippen LogP contribution in [0.2, 0.25) is 5.02 Å². The van der Waals surface area contributed by atoms with Gasteiger partial charge in [0.05, 0.1) is 0 Å². The summed E-state index contributed by atoms with van der Waals surface area (Å²) in [6, 6.07) is 43.8. The molecule has 0 bridgehead atoms. The molecule has 6 aromatic carbocycles. The number of fused-ring (bicyclic) bond motifs is 6. The molecular formula is C36H21ClO2. The van der Waals surface area contributed by atoms with Crippen molar-refractivity contribution in [2.24, 2.45) is 0 Å². The van der Waals surface area contributed by atoms with Gasteiger partial charge in [-0.2, -0.15) is 0 Å². The van der Waals surface area contributed by atoms with Crippen LogP contribution in [0.4, 0.5) is 0 Å². The van der Waals surface area contributed by atoms with Crippen molar-refractivity contribution in [1.29, 1.82) is 0 Å². The maximum atomic E-state index is 6.42. The number of hydrogen-bond donors (Lipinski definition) is 0. The highest BCUT2D eigenvalue weighted by molar-refractivity contribution is 6.30. The molecule has 0 fully saturated rings. The predicted molar refractivity (Wildman–Crippen MR) is 162 cm³/mol. The first kappa shape index (κ1) is 22.2. The molecule has 8 aromatic rings. The van der Waals surface area contributed by atoms with E-state index >= 15 is 0 Å². The number of rotatable bonds is 3. The van der Waals surface area contributed by atoms with Gasteiger partial charge in [-0.3, -0.25) is 0 Å². The van der Waals surface area contributed by atoms with Crippen LogP contribution in [0.1, 0.15) is 0 Å². The molecule has 0 atom stereocenters. The van der Waals surface area contributed by atoms with E-state index in [-0.39, 0.29) is 0 Å². The third-order valence-corrected chi connectivity index (χ3v) is 7.79. The Kier molecular flexibility index (Phi) is 4.91. The van der Waals surface area contributed by atoms with Crippen LogP contribution >= 0.6 is 11.6 Å². The molecule has 8 rings (SSSR count). The van der Waals surface area contributed by atoms with E-state index < -0.39 is 0 Å². The zero-order valence-electron chi connectivity index (χ0n) is 20.8. The number of halogens is 1. The van der Waals surface area contributed by atoms with Crippen LogP contribution < -0.4 is 0 Å². The second-order valence-electron chi connectivity index (χ2n) is 9.87. The minimum atomic E-state index is 0.717. The normalized spacial score (nSPS) is 11.7. The maximum absolute atomic E-state index is 6.42. The van der Waals surface area contributed by atoms with Crippen LogP contribution in [0.3, 0.4) is 0 Å². The van der Waals surface area contributed by atoms with Crippen molar-refractivity contribution in [3.8, 4) is 33.4 Å². The fourth-order valence-corrected chi connectivity index (χ4v) is 5.82. The standard InChI is InChI=1S/C36H21ClO2/c37-26-17-15-22(16-18-26)23-19-24(27-9-5-11-31-29-7-1-3-13-33(29)38-35(27)31)21-25(20-23)28-10-6-12-32-30-8-2-4-14-34(30)39-36(28)32/h1-21H. The smallest absolute Gasteiger partial charge is 0.143 e. The van der Waals surface area contributed by atoms with E-state index in [1.807, 2.05) is 36.4 Å². The Morgan fingerprint density at radius 1 is 0.385 bits per heavy atom. The van der Waals surface area contributed by atoms with E-state index in [9.17, 15) is 0 Å².